The Kier molecular flexibility index (Phi) is 6.28. The van der Waals surface area contributed by atoms with E-state index in [9.17, 15) is 5.11 Å². The second kappa shape index (κ2) is 9.09. The molecule has 0 amide bonds. The zero-order valence-electron chi connectivity index (χ0n) is 18.1. The Bertz CT molecular complexity index is 999. The summed E-state index contributed by atoms with van der Waals surface area (Å²) in [5, 5.41) is 11.0. The van der Waals surface area contributed by atoms with Gasteiger partial charge in [0.2, 0.25) is 5.88 Å². The molecule has 1 N–H and O–H groups in total. The van der Waals surface area contributed by atoms with Gasteiger partial charge in [0.15, 0.2) is 0 Å². The molecule has 1 aromatic carbocycles. The minimum Gasteiger partial charge on any atom is -0.477 e. The van der Waals surface area contributed by atoms with Gasteiger partial charge in [0.05, 0.1) is 18.2 Å². The van der Waals surface area contributed by atoms with Gasteiger partial charge in [0.25, 0.3) is 0 Å². The van der Waals surface area contributed by atoms with E-state index in [1.165, 1.54) is 0 Å². The molecule has 0 aliphatic heterocycles. The standard InChI is InChI=1S/C25H31N3O2/c1-16(17(2)23-13-10-20-6-4-5-7-24(20)28-23)15-30-25-22(14-26-18(3)27-25)19-8-11-21(29)12-9-19/h4-7,10,13-14,16-17,19,21,29H,8-9,11-12,15H2,1-3H3/t16-,17-,19?,21?/m1/s1. The topological polar surface area (TPSA) is 68.1 Å². The van der Waals surface area contributed by atoms with Crippen molar-refractivity contribution >= 4 is 10.9 Å². The maximum Gasteiger partial charge on any atom is 0.220 e. The van der Waals surface area contributed by atoms with Gasteiger partial charge in [-0.1, -0.05) is 38.1 Å². The Balaban J connectivity index is 1.46. The number of hydrogen-bond donors (Lipinski definition) is 1. The molecule has 30 heavy (non-hydrogen) atoms. The number of aryl methyl sites for hydroxylation is 1. The van der Waals surface area contributed by atoms with Crippen LogP contribution in [0.25, 0.3) is 10.9 Å². The molecule has 5 nitrogen and oxygen atoms in total. The number of hydrogen-bond acceptors (Lipinski definition) is 5. The smallest absolute Gasteiger partial charge is 0.220 e. The van der Waals surface area contributed by atoms with Gasteiger partial charge < -0.3 is 9.84 Å². The maximum atomic E-state index is 9.83. The third-order valence-electron chi connectivity index (χ3n) is 6.46. The molecule has 3 aromatic rings. The van der Waals surface area contributed by atoms with Gasteiger partial charge in [0.1, 0.15) is 5.82 Å². The van der Waals surface area contributed by atoms with Crippen LogP contribution in [0.1, 0.15) is 68.4 Å². The predicted molar refractivity (Wildman–Crippen MR) is 119 cm³/mol. The minimum absolute atomic E-state index is 0.174. The molecule has 4 rings (SSSR count). The van der Waals surface area contributed by atoms with Crippen LogP contribution in [0, 0.1) is 12.8 Å². The molecular formula is C25H31N3O2. The van der Waals surface area contributed by atoms with Gasteiger partial charge in [-0.3, -0.25) is 4.98 Å². The SMILES string of the molecule is Cc1ncc(C2CCC(O)CC2)c(OC[C@@H](C)[C@@H](C)c2ccc3ccccc3n2)n1. The van der Waals surface area contributed by atoms with Crippen LogP contribution < -0.4 is 4.74 Å². The van der Waals surface area contributed by atoms with E-state index < -0.39 is 0 Å². The van der Waals surface area contributed by atoms with E-state index in [1.807, 2.05) is 25.3 Å². The molecule has 2 aromatic heterocycles. The van der Waals surface area contributed by atoms with Gasteiger partial charge in [-0.2, -0.15) is 4.98 Å². The molecule has 0 saturated heterocycles. The Morgan fingerprint density at radius 1 is 1.03 bits per heavy atom. The van der Waals surface area contributed by atoms with Gasteiger partial charge in [-0.25, -0.2) is 4.98 Å². The van der Waals surface area contributed by atoms with E-state index in [2.05, 4.69) is 48.1 Å². The van der Waals surface area contributed by atoms with Crippen LogP contribution in [0.5, 0.6) is 5.88 Å². The summed E-state index contributed by atoms with van der Waals surface area (Å²) in [6, 6.07) is 12.5. The summed E-state index contributed by atoms with van der Waals surface area (Å²) in [6.07, 6.45) is 5.32. The summed E-state index contributed by atoms with van der Waals surface area (Å²) >= 11 is 0. The van der Waals surface area contributed by atoms with Crippen LogP contribution in [-0.4, -0.2) is 32.8 Å². The number of fused-ring (bicyclic) bond motifs is 1. The molecular weight excluding hydrogens is 374 g/mol. The number of rotatable bonds is 6. The fourth-order valence-electron chi connectivity index (χ4n) is 4.22. The van der Waals surface area contributed by atoms with Crippen LogP contribution in [0.2, 0.25) is 0 Å². The number of ether oxygens (including phenoxy) is 1. The highest BCUT2D eigenvalue weighted by Crippen LogP contribution is 2.37. The highest BCUT2D eigenvalue weighted by Gasteiger charge is 2.25. The molecule has 158 valence electrons. The summed E-state index contributed by atoms with van der Waals surface area (Å²) < 4.78 is 6.25. The second-order valence-corrected chi connectivity index (χ2v) is 8.69. The Hall–Kier alpha value is -2.53. The maximum absolute atomic E-state index is 9.83. The zero-order valence-corrected chi connectivity index (χ0v) is 18.1. The number of aromatic nitrogens is 3. The monoisotopic (exact) mass is 405 g/mol. The van der Waals surface area contributed by atoms with Crippen molar-refractivity contribution in [2.75, 3.05) is 6.61 Å². The molecule has 1 saturated carbocycles. The minimum atomic E-state index is -0.174. The third-order valence-corrected chi connectivity index (χ3v) is 6.46. The number of aliphatic hydroxyl groups excluding tert-OH is 1. The molecule has 2 heterocycles. The fraction of sp³-hybridized carbons (Fsp3) is 0.480. The molecule has 5 heteroatoms. The first-order valence-electron chi connectivity index (χ1n) is 11.0. The Labute approximate surface area is 178 Å². The fourth-order valence-corrected chi connectivity index (χ4v) is 4.22. The van der Waals surface area contributed by atoms with Crippen molar-refractivity contribution in [2.24, 2.45) is 5.92 Å². The number of nitrogens with zero attached hydrogens (tertiary/aromatic N) is 3. The molecule has 0 spiro atoms. The van der Waals surface area contributed by atoms with E-state index >= 15 is 0 Å². The first-order chi connectivity index (χ1) is 14.5. The molecule has 0 unspecified atom stereocenters. The van der Waals surface area contributed by atoms with E-state index in [-0.39, 0.29) is 17.9 Å². The van der Waals surface area contributed by atoms with Crippen molar-refractivity contribution in [3.63, 3.8) is 0 Å². The van der Waals surface area contributed by atoms with Crippen molar-refractivity contribution in [3.8, 4) is 5.88 Å². The molecule has 0 bridgehead atoms. The molecule has 2 atom stereocenters. The quantitative estimate of drug-likeness (QED) is 0.613. The average molecular weight is 406 g/mol. The van der Waals surface area contributed by atoms with Crippen LogP contribution in [0.3, 0.4) is 0 Å². The normalized spacial score (nSPS) is 21.3. The van der Waals surface area contributed by atoms with Gasteiger partial charge >= 0.3 is 0 Å². The molecule has 1 aliphatic rings. The lowest BCUT2D eigenvalue weighted by molar-refractivity contribution is 0.121. The summed E-state index contributed by atoms with van der Waals surface area (Å²) in [5.74, 6) is 2.34. The Morgan fingerprint density at radius 3 is 2.60 bits per heavy atom. The molecule has 0 radical (unpaired) electrons. The number of benzene rings is 1. The molecule has 1 fully saturated rings. The van der Waals surface area contributed by atoms with Crippen molar-refractivity contribution in [2.45, 2.75) is 64.4 Å². The van der Waals surface area contributed by atoms with Gasteiger partial charge in [-0.05, 0) is 56.6 Å². The Morgan fingerprint density at radius 2 is 1.80 bits per heavy atom. The van der Waals surface area contributed by atoms with Crippen LogP contribution in [0.15, 0.2) is 42.6 Å². The average Bonchev–Trinajstić information content (AvgIpc) is 2.77. The van der Waals surface area contributed by atoms with Crippen LogP contribution in [0.4, 0.5) is 0 Å². The third kappa shape index (κ3) is 4.62. The van der Waals surface area contributed by atoms with Crippen molar-refractivity contribution < 1.29 is 9.84 Å². The summed E-state index contributed by atoms with van der Waals surface area (Å²) in [7, 11) is 0. The van der Waals surface area contributed by atoms with E-state index in [0.29, 0.717) is 18.4 Å². The number of aliphatic hydroxyl groups is 1. The lowest BCUT2D eigenvalue weighted by atomic mass is 9.83. The van der Waals surface area contributed by atoms with Gasteiger partial charge in [-0.15, -0.1) is 0 Å². The molecule has 1 aliphatic carbocycles. The predicted octanol–water partition coefficient (Wildman–Crippen LogP) is 5.17. The zero-order chi connectivity index (χ0) is 21.1. The first kappa shape index (κ1) is 20.7. The number of para-hydroxylation sites is 1. The van der Waals surface area contributed by atoms with E-state index in [1.54, 1.807) is 0 Å². The van der Waals surface area contributed by atoms with E-state index in [0.717, 1.165) is 53.7 Å². The summed E-state index contributed by atoms with van der Waals surface area (Å²) in [5.41, 5.74) is 3.20. The van der Waals surface area contributed by atoms with Crippen molar-refractivity contribution in [1.82, 2.24) is 15.0 Å². The van der Waals surface area contributed by atoms with Crippen molar-refractivity contribution in [1.29, 1.82) is 0 Å². The highest BCUT2D eigenvalue weighted by atomic mass is 16.5. The van der Waals surface area contributed by atoms with Gasteiger partial charge in [0, 0.05) is 28.8 Å². The van der Waals surface area contributed by atoms with Crippen LogP contribution >= 0.6 is 0 Å². The number of pyridine rings is 1. The summed E-state index contributed by atoms with van der Waals surface area (Å²) in [4.78, 5) is 13.9. The lowest BCUT2D eigenvalue weighted by Crippen LogP contribution is -2.20. The first-order valence-corrected chi connectivity index (χ1v) is 11.0. The lowest BCUT2D eigenvalue weighted by Gasteiger charge is -2.27. The second-order valence-electron chi connectivity index (χ2n) is 8.69. The highest BCUT2D eigenvalue weighted by molar-refractivity contribution is 5.78. The van der Waals surface area contributed by atoms with Crippen molar-refractivity contribution in [3.05, 3.63) is 59.7 Å². The van der Waals surface area contributed by atoms with E-state index in [4.69, 9.17) is 9.72 Å². The largest absolute Gasteiger partial charge is 0.477 e. The summed E-state index contributed by atoms with van der Waals surface area (Å²) in [6.45, 7) is 6.88. The van der Waals surface area contributed by atoms with Crippen LogP contribution in [-0.2, 0) is 0 Å².